The van der Waals surface area contributed by atoms with Crippen LogP contribution in [0, 0.1) is 5.82 Å². The summed E-state index contributed by atoms with van der Waals surface area (Å²) in [4.78, 5) is 21.4. The van der Waals surface area contributed by atoms with Gasteiger partial charge in [-0.15, -0.1) is 0 Å². The molecular weight excluding hydrogens is 309 g/mol. The van der Waals surface area contributed by atoms with Crippen molar-refractivity contribution in [2.75, 3.05) is 20.2 Å². The van der Waals surface area contributed by atoms with E-state index in [4.69, 9.17) is 4.74 Å². The van der Waals surface area contributed by atoms with Gasteiger partial charge in [-0.25, -0.2) is 9.37 Å². The van der Waals surface area contributed by atoms with Crippen LogP contribution in [0.15, 0.2) is 35.1 Å². The number of rotatable bonds is 5. The lowest BCUT2D eigenvalue weighted by Crippen LogP contribution is -2.35. The van der Waals surface area contributed by atoms with Gasteiger partial charge in [-0.05, 0) is 25.5 Å². The monoisotopic (exact) mass is 331 g/mol. The van der Waals surface area contributed by atoms with Crippen molar-refractivity contribution in [2.45, 2.75) is 31.9 Å². The third-order valence-corrected chi connectivity index (χ3v) is 4.35. The second-order valence-corrected chi connectivity index (χ2v) is 6.22. The summed E-state index contributed by atoms with van der Waals surface area (Å²) in [5.41, 5.74) is 1.19. The molecule has 0 spiro atoms. The van der Waals surface area contributed by atoms with Gasteiger partial charge in [0.25, 0.3) is 5.56 Å². The largest absolute Gasteiger partial charge is 0.378 e. The summed E-state index contributed by atoms with van der Waals surface area (Å²) in [5.74, 6) is 0.677. The van der Waals surface area contributed by atoms with Gasteiger partial charge in [-0.1, -0.05) is 18.2 Å². The molecule has 1 aromatic heterocycles. The minimum Gasteiger partial charge on any atom is -0.378 e. The number of likely N-dealkylation sites (tertiary alicyclic amines) is 1. The predicted octanol–water partition coefficient (Wildman–Crippen LogP) is 2.44. The molecule has 5 nitrogen and oxygen atoms in total. The highest BCUT2D eigenvalue weighted by Gasteiger charge is 2.24. The molecule has 2 aromatic rings. The van der Waals surface area contributed by atoms with E-state index < -0.39 is 0 Å². The Morgan fingerprint density at radius 3 is 3.04 bits per heavy atom. The zero-order chi connectivity index (χ0) is 16.9. The Kier molecular flexibility index (Phi) is 5.37. The molecule has 1 N–H and O–H groups in total. The van der Waals surface area contributed by atoms with Gasteiger partial charge in [0.15, 0.2) is 0 Å². The number of aromatic nitrogens is 2. The Bertz CT molecular complexity index is 747. The van der Waals surface area contributed by atoms with Gasteiger partial charge in [-0.3, -0.25) is 9.69 Å². The highest BCUT2D eigenvalue weighted by Crippen LogP contribution is 2.25. The first-order valence-corrected chi connectivity index (χ1v) is 8.20. The topological polar surface area (TPSA) is 58.2 Å². The number of nitrogens with one attached hydrogen (secondary N) is 1. The number of nitrogens with zero attached hydrogens (tertiary/aromatic N) is 2. The fourth-order valence-electron chi connectivity index (χ4n) is 3.23. The first kappa shape index (κ1) is 16.8. The first-order valence-electron chi connectivity index (χ1n) is 8.20. The van der Waals surface area contributed by atoms with Gasteiger partial charge in [0.1, 0.15) is 11.6 Å². The number of H-pyrrole nitrogens is 1. The lowest BCUT2D eigenvalue weighted by molar-refractivity contribution is 0.178. The summed E-state index contributed by atoms with van der Waals surface area (Å²) in [5, 5.41) is 0. The van der Waals surface area contributed by atoms with Gasteiger partial charge < -0.3 is 9.72 Å². The Balaban J connectivity index is 1.74. The molecule has 1 aliphatic rings. The molecule has 0 aliphatic carbocycles. The minimum atomic E-state index is -0.173. The standard InChI is InChI=1S/C18H22FN3O2/c1-24-12-15-9-17(23)21-18(20-15)14-6-4-8-22(11-14)10-13-5-2-3-7-16(13)19/h2-3,5,7,9,14H,4,6,8,10-12H2,1H3,(H,20,21,23). The van der Waals surface area contributed by atoms with E-state index in [2.05, 4.69) is 14.9 Å². The first-order chi connectivity index (χ1) is 11.7. The molecule has 0 saturated carbocycles. The Morgan fingerprint density at radius 2 is 2.25 bits per heavy atom. The van der Waals surface area contributed by atoms with Crippen molar-refractivity contribution in [3.63, 3.8) is 0 Å². The zero-order valence-electron chi connectivity index (χ0n) is 13.8. The van der Waals surface area contributed by atoms with E-state index in [1.807, 2.05) is 12.1 Å². The molecule has 0 bridgehead atoms. The predicted molar refractivity (Wildman–Crippen MR) is 89.2 cm³/mol. The molecule has 6 heteroatoms. The van der Waals surface area contributed by atoms with E-state index in [-0.39, 0.29) is 17.3 Å². The molecule has 3 rings (SSSR count). The van der Waals surface area contributed by atoms with Crippen molar-refractivity contribution in [2.24, 2.45) is 0 Å². The number of halogens is 1. The molecule has 0 amide bonds. The summed E-state index contributed by atoms with van der Waals surface area (Å²) >= 11 is 0. The van der Waals surface area contributed by atoms with E-state index in [0.717, 1.165) is 25.9 Å². The highest BCUT2D eigenvalue weighted by atomic mass is 19.1. The Morgan fingerprint density at radius 1 is 1.42 bits per heavy atom. The van der Waals surface area contributed by atoms with Crippen LogP contribution in [-0.2, 0) is 17.9 Å². The quantitative estimate of drug-likeness (QED) is 0.914. The summed E-state index contributed by atoms with van der Waals surface area (Å²) in [6, 6.07) is 8.33. The maximum atomic E-state index is 13.9. The smallest absolute Gasteiger partial charge is 0.251 e. The molecule has 24 heavy (non-hydrogen) atoms. The highest BCUT2D eigenvalue weighted by molar-refractivity contribution is 5.17. The Hall–Kier alpha value is -2.05. The normalized spacial score (nSPS) is 18.7. The van der Waals surface area contributed by atoms with E-state index in [0.29, 0.717) is 30.2 Å². The number of hydrogen-bond acceptors (Lipinski definition) is 4. The van der Waals surface area contributed by atoms with Crippen LogP contribution in [0.25, 0.3) is 0 Å². The van der Waals surface area contributed by atoms with Crippen molar-refractivity contribution < 1.29 is 9.13 Å². The fourth-order valence-corrected chi connectivity index (χ4v) is 3.23. The van der Waals surface area contributed by atoms with Crippen molar-refractivity contribution in [3.05, 3.63) is 63.6 Å². The van der Waals surface area contributed by atoms with Gasteiger partial charge >= 0.3 is 0 Å². The second-order valence-electron chi connectivity index (χ2n) is 6.22. The fraction of sp³-hybridized carbons (Fsp3) is 0.444. The van der Waals surface area contributed by atoms with Crippen molar-refractivity contribution >= 4 is 0 Å². The van der Waals surface area contributed by atoms with Crippen molar-refractivity contribution in [3.8, 4) is 0 Å². The third kappa shape index (κ3) is 4.07. The van der Waals surface area contributed by atoms with Gasteiger partial charge in [0.05, 0.1) is 12.3 Å². The van der Waals surface area contributed by atoms with Crippen LogP contribution in [0.3, 0.4) is 0 Å². The van der Waals surface area contributed by atoms with E-state index in [9.17, 15) is 9.18 Å². The van der Waals surface area contributed by atoms with E-state index >= 15 is 0 Å². The van der Waals surface area contributed by atoms with Gasteiger partial charge in [-0.2, -0.15) is 0 Å². The summed E-state index contributed by atoms with van der Waals surface area (Å²) in [6.07, 6.45) is 1.96. The van der Waals surface area contributed by atoms with Crippen LogP contribution < -0.4 is 5.56 Å². The summed E-state index contributed by atoms with van der Waals surface area (Å²) < 4.78 is 18.9. The lowest BCUT2D eigenvalue weighted by atomic mass is 9.96. The SMILES string of the molecule is COCc1cc(=O)[nH]c(C2CCCN(Cc3ccccc3F)C2)n1. The van der Waals surface area contributed by atoms with E-state index in [1.54, 1.807) is 13.2 Å². The van der Waals surface area contributed by atoms with Gasteiger partial charge in [0.2, 0.25) is 0 Å². The molecule has 2 heterocycles. The van der Waals surface area contributed by atoms with Crippen LogP contribution in [-0.4, -0.2) is 35.1 Å². The summed E-state index contributed by atoms with van der Waals surface area (Å²) in [7, 11) is 1.58. The van der Waals surface area contributed by atoms with Crippen LogP contribution in [0.5, 0.6) is 0 Å². The maximum Gasteiger partial charge on any atom is 0.251 e. The third-order valence-electron chi connectivity index (χ3n) is 4.35. The number of benzene rings is 1. The number of aromatic amines is 1. The number of piperidine rings is 1. The molecule has 128 valence electrons. The average Bonchev–Trinajstić information content (AvgIpc) is 2.57. The lowest BCUT2D eigenvalue weighted by Gasteiger charge is -2.32. The summed E-state index contributed by atoms with van der Waals surface area (Å²) in [6.45, 7) is 2.58. The van der Waals surface area contributed by atoms with Crippen LogP contribution in [0.1, 0.15) is 35.8 Å². The van der Waals surface area contributed by atoms with Crippen LogP contribution in [0.4, 0.5) is 4.39 Å². The average molecular weight is 331 g/mol. The van der Waals surface area contributed by atoms with Crippen molar-refractivity contribution in [1.29, 1.82) is 0 Å². The molecular formula is C18H22FN3O2. The van der Waals surface area contributed by atoms with Gasteiger partial charge in [0, 0.05) is 37.7 Å². The molecule has 1 aliphatic heterocycles. The molecule has 1 atom stereocenters. The second kappa shape index (κ2) is 7.68. The molecule has 0 radical (unpaired) electrons. The minimum absolute atomic E-state index is 0.148. The number of hydrogen-bond donors (Lipinski definition) is 1. The molecule has 1 unspecified atom stereocenters. The molecule has 1 aromatic carbocycles. The Labute approximate surface area is 140 Å². The van der Waals surface area contributed by atoms with E-state index in [1.165, 1.54) is 12.1 Å². The number of methoxy groups -OCH3 is 1. The zero-order valence-corrected chi connectivity index (χ0v) is 13.8. The molecule has 1 saturated heterocycles. The van der Waals surface area contributed by atoms with Crippen molar-refractivity contribution in [1.82, 2.24) is 14.9 Å². The van der Waals surface area contributed by atoms with Crippen LogP contribution >= 0.6 is 0 Å². The molecule has 1 fully saturated rings. The van der Waals surface area contributed by atoms with Crippen LogP contribution in [0.2, 0.25) is 0 Å². The number of ether oxygens (including phenoxy) is 1. The maximum absolute atomic E-state index is 13.9.